The molecule has 90 valence electrons. The molecule has 1 atom stereocenters. The number of nitrogens with two attached hydrogens (primary N) is 1. The average Bonchev–Trinajstić information content (AvgIpc) is 3.08. The lowest BCUT2D eigenvalue weighted by Crippen LogP contribution is -2.35. The molecule has 1 aliphatic rings. The van der Waals surface area contributed by atoms with Crippen LogP contribution >= 0.6 is 0 Å². The number of nitrogens with zero attached hydrogens (tertiary/aromatic N) is 1. The molecule has 2 aromatic rings. The van der Waals surface area contributed by atoms with Crippen molar-refractivity contribution in [2.75, 3.05) is 7.11 Å². The van der Waals surface area contributed by atoms with E-state index in [-0.39, 0.29) is 0 Å². The summed E-state index contributed by atoms with van der Waals surface area (Å²) in [5.74, 6) is 1.89. The van der Waals surface area contributed by atoms with Gasteiger partial charge in [0.2, 0.25) is 5.89 Å². The summed E-state index contributed by atoms with van der Waals surface area (Å²) in [5, 5.41) is 0. The van der Waals surface area contributed by atoms with Crippen LogP contribution in [0.15, 0.2) is 22.6 Å². The van der Waals surface area contributed by atoms with Gasteiger partial charge < -0.3 is 14.9 Å². The van der Waals surface area contributed by atoms with Crippen LogP contribution < -0.4 is 10.5 Å². The van der Waals surface area contributed by atoms with Gasteiger partial charge in [0.25, 0.3) is 0 Å². The second-order valence-electron chi connectivity index (χ2n) is 4.91. The zero-order chi connectivity index (χ0) is 12.0. The molecule has 3 rings (SSSR count). The molecule has 0 saturated heterocycles. The van der Waals surface area contributed by atoms with E-state index in [2.05, 4.69) is 4.98 Å². The zero-order valence-electron chi connectivity index (χ0n) is 10.1. The van der Waals surface area contributed by atoms with Crippen LogP contribution in [0, 0.1) is 5.92 Å². The number of fused-ring (bicyclic) bond motifs is 1. The fourth-order valence-corrected chi connectivity index (χ4v) is 2.12. The SMILES string of the molecule is COc1ccc2nc(C(C)(N)C3CC3)oc2c1. The second kappa shape index (κ2) is 3.47. The Morgan fingerprint density at radius 2 is 2.24 bits per heavy atom. The van der Waals surface area contributed by atoms with Gasteiger partial charge in [-0.15, -0.1) is 0 Å². The molecular formula is C13H16N2O2. The van der Waals surface area contributed by atoms with Gasteiger partial charge in [-0.3, -0.25) is 0 Å². The van der Waals surface area contributed by atoms with Crippen molar-refractivity contribution in [2.45, 2.75) is 25.3 Å². The minimum atomic E-state index is -0.452. The highest BCUT2D eigenvalue weighted by molar-refractivity contribution is 5.74. The van der Waals surface area contributed by atoms with Gasteiger partial charge in [-0.1, -0.05) is 0 Å². The molecule has 1 aromatic carbocycles. The van der Waals surface area contributed by atoms with Gasteiger partial charge in [0, 0.05) is 6.07 Å². The molecule has 17 heavy (non-hydrogen) atoms. The van der Waals surface area contributed by atoms with Gasteiger partial charge in [-0.2, -0.15) is 0 Å². The first kappa shape index (κ1) is 10.6. The molecule has 0 radical (unpaired) electrons. The largest absolute Gasteiger partial charge is 0.497 e. The maximum absolute atomic E-state index is 6.29. The molecule has 0 spiro atoms. The molecule has 1 heterocycles. The molecule has 1 fully saturated rings. The summed E-state index contributed by atoms with van der Waals surface area (Å²) >= 11 is 0. The van der Waals surface area contributed by atoms with Crippen LogP contribution in [0.3, 0.4) is 0 Å². The Kier molecular flexibility index (Phi) is 2.16. The number of hydrogen-bond donors (Lipinski definition) is 1. The number of oxazole rings is 1. The molecule has 4 heteroatoms. The molecule has 1 unspecified atom stereocenters. The van der Waals surface area contributed by atoms with Crippen LogP contribution in [-0.4, -0.2) is 12.1 Å². The second-order valence-corrected chi connectivity index (χ2v) is 4.91. The van der Waals surface area contributed by atoms with E-state index < -0.39 is 5.54 Å². The van der Waals surface area contributed by atoms with Gasteiger partial charge in [0.15, 0.2) is 5.58 Å². The van der Waals surface area contributed by atoms with Crippen molar-refractivity contribution < 1.29 is 9.15 Å². The highest BCUT2D eigenvalue weighted by atomic mass is 16.5. The monoisotopic (exact) mass is 232 g/mol. The van der Waals surface area contributed by atoms with E-state index in [0.29, 0.717) is 11.8 Å². The zero-order valence-corrected chi connectivity index (χ0v) is 10.1. The molecule has 0 amide bonds. The lowest BCUT2D eigenvalue weighted by molar-refractivity contribution is 0.326. The van der Waals surface area contributed by atoms with E-state index >= 15 is 0 Å². The van der Waals surface area contributed by atoms with Crippen LogP contribution in [0.25, 0.3) is 11.1 Å². The molecule has 2 N–H and O–H groups in total. The number of ether oxygens (including phenoxy) is 1. The van der Waals surface area contributed by atoms with E-state index in [1.807, 2.05) is 25.1 Å². The quantitative estimate of drug-likeness (QED) is 0.882. The third-order valence-electron chi connectivity index (χ3n) is 3.48. The summed E-state index contributed by atoms with van der Waals surface area (Å²) < 4.78 is 10.9. The Balaban J connectivity index is 2.06. The first-order chi connectivity index (χ1) is 8.11. The van der Waals surface area contributed by atoms with Gasteiger partial charge in [-0.25, -0.2) is 4.98 Å². The number of methoxy groups -OCH3 is 1. The summed E-state index contributed by atoms with van der Waals surface area (Å²) in [7, 11) is 1.63. The summed E-state index contributed by atoms with van der Waals surface area (Å²) in [4.78, 5) is 4.47. The summed E-state index contributed by atoms with van der Waals surface area (Å²) in [6.45, 7) is 1.99. The predicted octanol–water partition coefficient (Wildman–Crippen LogP) is 2.42. The minimum absolute atomic E-state index is 0.452. The van der Waals surface area contributed by atoms with E-state index in [0.717, 1.165) is 29.7 Å². The van der Waals surface area contributed by atoms with Crippen LogP contribution in [0.1, 0.15) is 25.7 Å². The van der Waals surface area contributed by atoms with E-state index in [1.165, 1.54) is 0 Å². The Hall–Kier alpha value is -1.55. The van der Waals surface area contributed by atoms with Crippen molar-refractivity contribution in [1.29, 1.82) is 0 Å². The maximum atomic E-state index is 6.29. The van der Waals surface area contributed by atoms with Gasteiger partial charge in [0.05, 0.1) is 12.6 Å². The fraction of sp³-hybridized carbons (Fsp3) is 0.462. The van der Waals surface area contributed by atoms with Crippen molar-refractivity contribution in [3.8, 4) is 5.75 Å². The predicted molar refractivity (Wildman–Crippen MR) is 64.8 cm³/mol. The fourth-order valence-electron chi connectivity index (χ4n) is 2.12. The van der Waals surface area contributed by atoms with Gasteiger partial charge in [0.1, 0.15) is 11.3 Å². The van der Waals surface area contributed by atoms with Crippen LogP contribution in [0.5, 0.6) is 5.75 Å². The number of benzene rings is 1. The minimum Gasteiger partial charge on any atom is -0.497 e. The normalized spacial score (nSPS) is 19.2. The van der Waals surface area contributed by atoms with Crippen LogP contribution in [0.4, 0.5) is 0 Å². The van der Waals surface area contributed by atoms with E-state index in [9.17, 15) is 0 Å². The molecule has 4 nitrogen and oxygen atoms in total. The van der Waals surface area contributed by atoms with Gasteiger partial charge >= 0.3 is 0 Å². The van der Waals surface area contributed by atoms with Crippen molar-refractivity contribution >= 4 is 11.1 Å². The van der Waals surface area contributed by atoms with Crippen molar-refractivity contribution in [3.05, 3.63) is 24.1 Å². The van der Waals surface area contributed by atoms with Crippen LogP contribution in [-0.2, 0) is 5.54 Å². The van der Waals surface area contributed by atoms with E-state index in [1.54, 1.807) is 7.11 Å². The number of aromatic nitrogens is 1. The Labute approximate surface area is 99.8 Å². The summed E-state index contributed by atoms with van der Waals surface area (Å²) in [5.41, 5.74) is 7.40. The molecule has 1 saturated carbocycles. The maximum Gasteiger partial charge on any atom is 0.215 e. The lowest BCUT2D eigenvalue weighted by atomic mass is 9.97. The highest BCUT2D eigenvalue weighted by Gasteiger charge is 2.43. The van der Waals surface area contributed by atoms with Crippen molar-refractivity contribution in [2.24, 2.45) is 11.7 Å². The summed E-state index contributed by atoms with van der Waals surface area (Å²) in [6.07, 6.45) is 2.32. The topological polar surface area (TPSA) is 61.3 Å². The van der Waals surface area contributed by atoms with Crippen LogP contribution in [0.2, 0.25) is 0 Å². The molecule has 1 aromatic heterocycles. The highest BCUT2D eigenvalue weighted by Crippen LogP contribution is 2.44. The molecular weight excluding hydrogens is 216 g/mol. The summed E-state index contributed by atoms with van der Waals surface area (Å²) in [6, 6.07) is 5.61. The molecule has 0 bridgehead atoms. The number of hydrogen-bond acceptors (Lipinski definition) is 4. The first-order valence-electron chi connectivity index (χ1n) is 5.85. The Morgan fingerprint density at radius 1 is 1.47 bits per heavy atom. The third-order valence-corrected chi connectivity index (χ3v) is 3.48. The van der Waals surface area contributed by atoms with Crippen molar-refractivity contribution in [1.82, 2.24) is 4.98 Å². The Morgan fingerprint density at radius 3 is 2.88 bits per heavy atom. The van der Waals surface area contributed by atoms with E-state index in [4.69, 9.17) is 14.9 Å². The third kappa shape index (κ3) is 1.69. The Bertz CT molecular complexity index is 556. The first-order valence-corrected chi connectivity index (χ1v) is 5.85. The van der Waals surface area contributed by atoms with Gasteiger partial charge in [-0.05, 0) is 37.8 Å². The number of rotatable bonds is 3. The van der Waals surface area contributed by atoms with Crippen molar-refractivity contribution in [3.63, 3.8) is 0 Å². The lowest BCUT2D eigenvalue weighted by Gasteiger charge is -2.19. The smallest absolute Gasteiger partial charge is 0.215 e. The average molecular weight is 232 g/mol. The molecule has 1 aliphatic carbocycles. The molecule has 0 aliphatic heterocycles. The standard InChI is InChI=1S/C13H16N2O2/c1-13(14,8-3-4-8)12-15-10-6-5-9(16-2)7-11(10)17-12/h5-8H,3-4,14H2,1-2H3.